The molecule has 1 rings (SSSR count). The summed E-state index contributed by atoms with van der Waals surface area (Å²) < 4.78 is 73.8. The van der Waals surface area contributed by atoms with Crippen molar-refractivity contribution in [3.05, 3.63) is 0 Å². The molecule has 0 radical (unpaired) electrons. The largest absolute Gasteiger partial charge is 0.464 e. The second-order valence-electron chi connectivity index (χ2n) is 7.85. The van der Waals surface area contributed by atoms with E-state index in [-0.39, 0.29) is 0 Å². The topological polar surface area (TPSA) is 129 Å². The summed E-state index contributed by atoms with van der Waals surface area (Å²) in [5.41, 5.74) is 3.56. The van der Waals surface area contributed by atoms with Gasteiger partial charge in [0.25, 0.3) is 0 Å². The molecule has 11 heteroatoms. The fraction of sp³-hybridized carbons (Fsp3) is 0.929. The van der Waals surface area contributed by atoms with Crippen molar-refractivity contribution in [1.29, 1.82) is 0 Å². The Morgan fingerprint density at radius 1 is 1.36 bits per heavy atom. The van der Waals surface area contributed by atoms with E-state index >= 15 is 0 Å². The molecule has 1 aliphatic heterocycles. The number of rotatable bonds is 7. The predicted octanol–water partition coefficient (Wildman–Crippen LogP) is 1.23. The normalized spacial score (nSPS) is 24.3. The minimum Gasteiger partial charge on any atom is -0.464 e. The highest BCUT2D eigenvalue weighted by atomic mass is 32.2. The first-order valence-corrected chi connectivity index (χ1v) is 9.05. The average Bonchev–Trinajstić information content (AvgIpc) is 3.04. The van der Waals surface area contributed by atoms with E-state index in [4.69, 9.17) is 15.0 Å². The summed E-state index contributed by atoms with van der Waals surface area (Å²) in [6.07, 6.45) is -4.34. The van der Waals surface area contributed by atoms with Crippen LogP contribution in [0.15, 0.2) is 0 Å². The Labute approximate surface area is 145 Å². The summed E-state index contributed by atoms with van der Waals surface area (Å²) in [6, 6.07) is -0.437. The Bertz CT molecular complexity index is 633. The van der Waals surface area contributed by atoms with Gasteiger partial charge < -0.3 is 15.8 Å². The summed E-state index contributed by atoms with van der Waals surface area (Å²) >= 11 is 0. The van der Waals surface area contributed by atoms with E-state index in [0.717, 1.165) is 0 Å². The molecular formula is C14H25F3N2O5S. The van der Waals surface area contributed by atoms with E-state index in [0.29, 0.717) is 0 Å². The first-order valence-electron chi connectivity index (χ1n) is 7.61. The van der Waals surface area contributed by atoms with Crippen molar-refractivity contribution in [3.63, 3.8) is 0 Å². The summed E-state index contributed by atoms with van der Waals surface area (Å²) in [4.78, 5) is 12.4. The van der Waals surface area contributed by atoms with Gasteiger partial charge in [-0.05, 0) is 19.3 Å². The number of nitrogens with two attached hydrogens (primary N) is 1. The monoisotopic (exact) mass is 390 g/mol. The maximum atomic E-state index is 13.4. The maximum absolute atomic E-state index is 13.4. The number of esters is 1. The van der Waals surface area contributed by atoms with Crippen LogP contribution in [0.25, 0.3) is 0 Å². The molecule has 1 heterocycles. The van der Waals surface area contributed by atoms with Crippen LogP contribution in [0.3, 0.4) is 0 Å². The van der Waals surface area contributed by atoms with Crippen LogP contribution in [-0.2, 0) is 19.6 Å². The minimum atomic E-state index is -5.91. The third kappa shape index (κ3) is 4.09. The first kappa shape index (κ1) is 22.1. The number of hydrogen-bond donors (Lipinski definition) is 3. The lowest BCUT2D eigenvalue weighted by molar-refractivity contribution is -0.156. The zero-order valence-corrected chi connectivity index (χ0v) is 15.6. The van der Waals surface area contributed by atoms with E-state index in [1.54, 1.807) is 20.8 Å². The number of alkyl halides is 3. The molecule has 0 spiro atoms. The molecule has 0 amide bonds. The van der Waals surface area contributed by atoms with Gasteiger partial charge in [-0.1, -0.05) is 20.8 Å². The molecule has 7 nitrogen and oxygen atoms in total. The first-order chi connectivity index (χ1) is 10.9. The Morgan fingerprint density at radius 2 is 1.80 bits per heavy atom. The van der Waals surface area contributed by atoms with Crippen LogP contribution in [0.5, 0.6) is 0 Å². The van der Waals surface area contributed by atoms with Crippen LogP contribution in [0.1, 0.15) is 41.0 Å². The molecule has 0 bridgehead atoms. The van der Waals surface area contributed by atoms with Gasteiger partial charge >= 0.3 is 21.3 Å². The van der Waals surface area contributed by atoms with Crippen molar-refractivity contribution in [3.8, 4) is 0 Å². The molecule has 0 aromatic heterocycles. The van der Waals surface area contributed by atoms with E-state index in [2.05, 4.69) is 5.32 Å². The van der Waals surface area contributed by atoms with Gasteiger partial charge in [0.1, 0.15) is 5.54 Å². The van der Waals surface area contributed by atoms with Crippen molar-refractivity contribution in [2.75, 3.05) is 6.61 Å². The number of halogens is 3. The molecule has 0 aliphatic carbocycles. The molecule has 1 fully saturated rings. The highest BCUT2D eigenvalue weighted by Gasteiger charge is 2.65. The van der Waals surface area contributed by atoms with Crippen LogP contribution < -0.4 is 11.1 Å². The number of hydrogen-bond acceptors (Lipinski definition) is 6. The zero-order chi connectivity index (χ0) is 20.1. The third-order valence-corrected chi connectivity index (χ3v) is 5.45. The summed E-state index contributed by atoms with van der Waals surface area (Å²) in [6.45, 7) is 7.94. The van der Waals surface area contributed by atoms with Gasteiger partial charge in [-0.3, -0.25) is 4.55 Å². The van der Waals surface area contributed by atoms with Gasteiger partial charge in [0, 0.05) is 12.0 Å². The van der Waals surface area contributed by atoms with Crippen molar-refractivity contribution in [2.24, 2.45) is 11.1 Å². The predicted molar refractivity (Wildman–Crippen MR) is 84.3 cm³/mol. The molecule has 0 saturated carbocycles. The van der Waals surface area contributed by atoms with E-state index in [1.165, 1.54) is 0 Å². The summed E-state index contributed by atoms with van der Waals surface area (Å²) in [5.74, 6) is -0.912. The van der Waals surface area contributed by atoms with Crippen molar-refractivity contribution >= 4 is 16.1 Å². The minimum absolute atomic E-state index is 0.429. The van der Waals surface area contributed by atoms with Gasteiger partial charge in [-0.25, -0.2) is 9.18 Å². The van der Waals surface area contributed by atoms with Gasteiger partial charge in [0.05, 0.1) is 12.6 Å². The number of carbonyl (C=O) groups is 1. The molecule has 3 unspecified atom stereocenters. The smallest absolute Gasteiger partial charge is 0.400 e. The summed E-state index contributed by atoms with van der Waals surface area (Å²) in [7, 11) is -5.91. The lowest BCUT2D eigenvalue weighted by Crippen LogP contribution is -2.64. The van der Waals surface area contributed by atoms with Crippen molar-refractivity contribution < 1.29 is 35.7 Å². The van der Waals surface area contributed by atoms with Crippen LogP contribution >= 0.6 is 0 Å². The number of ether oxygens (including phenoxy) is 1. The van der Waals surface area contributed by atoms with Gasteiger partial charge in [0.2, 0.25) is 0 Å². The molecule has 148 valence electrons. The summed E-state index contributed by atoms with van der Waals surface area (Å²) in [5, 5.41) is -1.94. The molecule has 1 aliphatic rings. The van der Waals surface area contributed by atoms with Gasteiger partial charge in [-0.2, -0.15) is 17.2 Å². The lowest BCUT2D eigenvalue weighted by atomic mass is 9.69. The molecule has 1 saturated heterocycles. The maximum Gasteiger partial charge on any atom is 0.400 e. The molecule has 4 N–H and O–H groups in total. The second kappa shape index (κ2) is 6.36. The van der Waals surface area contributed by atoms with E-state index < -0.39 is 63.1 Å². The average molecular weight is 390 g/mol. The van der Waals surface area contributed by atoms with Crippen LogP contribution in [0, 0.1) is 5.41 Å². The fourth-order valence-electron chi connectivity index (χ4n) is 2.57. The molecular weight excluding hydrogens is 365 g/mol. The Morgan fingerprint density at radius 3 is 2.12 bits per heavy atom. The molecule has 3 atom stereocenters. The van der Waals surface area contributed by atoms with E-state index in [9.17, 15) is 26.4 Å². The van der Waals surface area contributed by atoms with Gasteiger partial charge in [-0.15, -0.1) is 0 Å². The quantitative estimate of drug-likeness (QED) is 0.339. The third-order valence-electron chi connectivity index (χ3n) is 4.50. The number of nitrogens with one attached hydrogen (secondary N) is 1. The SMILES string of the molecule is CC1(C)NC1C(N)(C(=O)OCCC(F)C(F)(F)S(=O)(=O)O)C(C)(C)C. The Hall–Kier alpha value is -0.910. The highest BCUT2D eigenvalue weighted by Crippen LogP contribution is 2.43. The zero-order valence-electron chi connectivity index (χ0n) is 14.8. The van der Waals surface area contributed by atoms with Crippen molar-refractivity contribution in [2.45, 2.75) is 69.6 Å². The lowest BCUT2D eigenvalue weighted by Gasteiger charge is -2.39. The van der Waals surface area contributed by atoms with E-state index in [1.807, 2.05) is 13.8 Å². The highest BCUT2D eigenvalue weighted by molar-refractivity contribution is 7.86. The van der Waals surface area contributed by atoms with Crippen LogP contribution in [-0.4, -0.2) is 54.1 Å². The number of carbonyl (C=O) groups excluding carboxylic acids is 1. The molecule has 0 aromatic rings. The molecule has 25 heavy (non-hydrogen) atoms. The molecule has 0 aromatic carbocycles. The van der Waals surface area contributed by atoms with Crippen LogP contribution in [0.4, 0.5) is 13.2 Å². The van der Waals surface area contributed by atoms with Crippen molar-refractivity contribution in [1.82, 2.24) is 5.32 Å². The van der Waals surface area contributed by atoms with Crippen LogP contribution in [0.2, 0.25) is 0 Å². The Kier molecular flexibility index (Phi) is 5.63. The standard InChI is InChI=1S/C14H25F3N2O5S/c1-11(2,3)13(18,9-12(4,5)19-9)10(20)24-7-6-8(15)14(16,17)25(21,22)23/h8-9,19H,6-7,18H2,1-5H3,(H,21,22,23). The fourth-order valence-corrected chi connectivity index (χ4v) is 3.02. The van der Waals surface area contributed by atoms with Gasteiger partial charge in [0.15, 0.2) is 6.17 Å². The Balaban J connectivity index is 2.78. The second-order valence-corrected chi connectivity index (χ2v) is 9.34.